The summed E-state index contributed by atoms with van der Waals surface area (Å²) in [6.45, 7) is 4.57. The molecule has 0 amide bonds. The number of ether oxygens (including phenoxy) is 2. The van der Waals surface area contributed by atoms with E-state index in [1.807, 2.05) is 36.4 Å². The Labute approximate surface area is 229 Å². The number of alkyl halides is 2. The molecule has 35 heavy (non-hydrogen) atoms. The van der Waals surface area contributed by atoms with Gasteiger partial charge in [-0.25, -0.2) is 0 Å². The number of aliphatic hydroxyl groups is 3. The first-order valence-corrected chi connectivity index (χ1v) is 13.3. The molecule has 1 aliphatic rings. The average molecular weight is 638 g/mol. The van der Waals surface area contributed by atoms with Crippen molar-refractivity contribution in [1.82, 2.24) is 5.01 Å². The highest BCUT2D eigenvalue weighted by Gasteiger charge is 2.31. The standard InChI is InChI=1S/C24H30Cl2IN3O5/c1-24(2,16-5-8-22(20(26)9-16)35-13-17(32)10-25)15-3-6-19(7-4-15)34-14-18(33)11-30-23(27)21(12-31)28-29-30/h3-9,17-18,21,23,31-33H,10-14H2,1-2H3/t17-,18-,21?,23?/m1/s1. The van der Waals surface area contributed by atoms with Crippen molar-refractivity contribution in [1.29, 1.82) is 0 Å². The molecule has 3 rings (SSSR count). The van der Waals surface area contributed by atoms with E-state index in [0.717, 1.165) is 11.1 Å². The number of benzene rings is 2. The molecule has 1 heterocycles. The Morgan fingerprint density at radius 2 is 1.71 bits per heavy atom. The van der Waals surface area contributed by atoms with Crippen LogP contribution in [0.4, 0.5) is 0 Å². The van der Waals surface area contributed by atoms with Gasteiger partial charge in [0.25, 0.3) is 0 Å². The van der Waals surface area contributed by atoms with Gasteiger partial charge in [-0.3, -0.25) is 5.01 Å². The van der Waals surface area contributed by atoms with Crippen LogP contribution >= 0.6 is 45.8 Å². The number of hydrogen-bond donors (Lipinski definition) is 3. The second kappa shape index (κ2) is 12.7. The minimum atomic E-state index is -0.756. The molecule has 0 radical (unpaired) electrons. The first-order chi connectivity index (χ1) is 16.6. The highest BCUT2D eigenvalue weighted by Crippen LogP contribution is 2.36. The van der Waals surface area contributed by atoms with Gasteiger partial charge in [0, 0.05) is 5.41 Å². The van der Waals surface area contributed by atoms with Crippen molar-refractivity contribution in [3.8, 4) is 11.5 Å². The quantitative estimate of drug-likeness (QED) is 0.183. The van der Waals surface area contributed by atoms with Crippen LogP contribution in [0, 0.1) is 0 Å². The van der Waals surface area contributed by atoms with E-state index in [1.165, 1.54) is 0 Å². The minimum absolute atomic E-state index is 0.0755. The van der Waals surface area contributed by atoms with Crippen molar-refractivity contribution in [2.24, 2.45) is 10.3 Å². The fourth-order valence-corrected chi connectivity index (χ4v) is 4.56. The molecule has 0 aromatic heterocycles. The van der Waals surface area contributed by atoms with E-state index in [9.17, 15) is 15.3 Å². The fraction of sp³-hybridized carbons (Fsp3) is 0.500. The van der Waals surface area contributed by atoms with Crippen LogP contribution < -0.4 is 9.47 Å². The largest absolute Gasteiger partial charge is 0.491 e. The Balaban J connectivity index is 1.57. The molecule has 2 aromatic rings. The first-order valence-electron chi connectivity index (χ1n) is 11.2. The van der Waals surface area contributed by atoms with Crippen LogP contribution in [0.3, 0.4) is 0 Å². The first kappa shape index (κ1) is 28.2. The number of rotatable bonds is 12. The third kappa shape index (κ3) is 7.33. The Bertz CT molecular complexity index is 996. The second-order valence-corrected chi connectivity index (χ2v) is 10.8. The third-order valence-electron chi connectivity index (χ3n) is 5.78. The zero-order valence-electron chi connectivity index (χ0n) is 19.5. The molecule has 11 heteroatoms. The fourth-order valence-electron chi connectivity index (χ4n) is 3.53. The van der Waals surface area contributed by atoms with Crippen LogP contribution in [0.25, 0.3) is 0 Å². The van der Waals surface area contributed by atoms with Gasteiger partial charge in [-0.1, -0.05) is 71.5 Å². The number of hydrogen-bond acceptors (Lipinski definition) is 8. The summed E-state index contributed by atoms with van der Waals surface area (Å²) in [6, 6.07) is 13.0. The highest BCUT2D eigenvalue weighted by molar-refractivity contribution is 14.1. The van der Waals surface area contributed by atoms with Gasteiger partial charge in [-0.05, 0) is 35.4 Å². The molecule has 1 aliphatic heterocycles. The van der Waals surface area contributed by atoms with Crippen LogP contribution in [-0.2, 0) is 5.41 Å². The zero-order valence-corrected chi connectivity index (χ0v) is 23.2. The maximum absolute atomic E-state index is 10.3. The maximum atomic E-state index is 10.3. The van der Waals surface area contributed by atoms with Gasteiger partial charge in [0.1, 0.15) is 47.0 Å². The Kier molecular flexibility index (Phi) is 10.3. The summed E-state index contributed by atoms with van der Waals surface area (Å²) in [5.41, 5.74) is 1.73. The lowest BCUT2D eigenvalue weighted by molar-refractivity contribution is 0.0686. The van der Waals surface area contributed by atoms with Crippen LogP contribution in [0.2, 0.25) is 5.02 Å². The van der Waals surface area contributed by atoms with Gasteiger partial charge in [0.2, 0.25) is 0 Å². The second-order valence-electron chi connectivity index (χ2n) is 8.83. The van der Waals surface area contributed by atoms with Crippen LogP contribution in [0.15, 0.2) is 52.8 Å². The maximum Gasteiger partial charge on any atom is 0.138 e. The van der Waals surface area contributed by atoms with Crippen LogP contribution in [0.5, 0.6) is 11.5 Å². The molecule has 0 spiro atoms. The van der Waals surface area contributed by atoms with E-state index in [1.54, 1.807) is 11.1 Å². The van der Waals surface area contributed by atoms with Crippen molar-refractivity contribution in [2.75, 3.05) is 32.2 Å². The molecule has 192 valence electrons. The monoisotopic (exact) mass is 637 g/mol. The number of aliphatic hydroxyl groups excluding tert-OH is 3. The van der Waals surface area contributed by atoms with Crippen molar-refractivity contribution in [3.05, 3.63) is 58.6 Å². The van der Waals surface area contributed by atoms with Gasteiger partial charge in [0.15, 0.2) is 0 Å². The van der Waals surface area contributed by atoms with Crippen molar-refractivity contribution >= 4 is 45.8 Å². The molecule has 0 saturated carbocycles. The lowest BCUT2D eigenvalue weighted by Gasteiger charge is -2.27. The van der Waals surface area contributed by atoms with Gasteiger partial charge >= 0.3 is 0 Å². The summed E-state index contributed by atoms with van der Waals surface area (Å²) in [4.78, 5) is 0. The van der Waals surface area contributed by atoms with Crippen LogP contribution in [-0.4, -0.2) is 74.9 Å². The minimum Gasteiger partial charge on any atom is -0.491 e. The molecule has 2 aromatic carbocycles. The van der Waals surface area contributed by atoms with Crippen molar-refractivity contribution in [3.63, 3.8) is 0 Å². The summed E-state index contributed by atoms with van der Waals surface area (Å²) in [7, 11) is 0. The van der Waals surface area contributed by atoms with E-state index in [2.05, 4.69) is 46.8 Å². The van der Waals surface area contributed by atoms with Gasteiger partial charge in [-0.15, -0.1) is 11.6 Å². The smallest absolute Gasteiger partial charge is 0.138 e. The van der Waals surface area contributed by atoms with E-state index in [-0.39, 0.29) is 47.8 Å². The molecular formula is C24H30Cl2IN3O5. The highest BCUT2D eigenvalue weighted by atomic mass is 127. The number of halogens is 3. The van der Waals surface area contributed by atoms with E-state index in [4.69, 9.17) is 32.7 Å². The lowest BCUT2D eigenvalue weighted by atomic mass is 9.78. The molecule has 0 fully saturated rings. The van der Waals surface area contributed by atoms with E-state index in [0.29, 0.717) is 16.5 Å². The predicted octanol–water partition coefficient (Wildman–Crippen LogP) is 4.19. The Morgan fingerprint density at radius 3 is 2.31 bits per heavy atom. The summed E-state index contributed by atoms with van der Waals surface area (Å²) in [5, 5.41) is 39.3. The molecule has 0 aliphatic carbocycles. The molecule has 8 nitrogen and oxygen atoms in total. The summed E-state index contributed by atoms with van der Waals surface area (Å²) in [6.07, 6.45) is -1.51. The normalized spacial score (nSPS) is 19.6. The molecule has 3 N–H and O–H groups in total. The summed E-state index contributed by atoms with van der Waals surface area (Å²) in [5.74, 6) is 1.23. The predicted molar refractivity (Wildman–Crippen MR) is 144 cm³/mol. The van der Waals surface area contributed by atoms with E-state index < -0.39 is 12.2 Å². The Morgan fingerprint density at radius 1 is 1.06 bits per heavy atom. The third-order valence-corrected chi connectivity index (χ3v) is 7.91. The average Bonchev–Trinajstić information content (AvgIpc) is 3.20. The van der Waals surface area contributed by atoms with Gasteiger partial charge in [0.05, 0.1) is 24.1 Å². The van der Waals surface area contributed by atoms with Gasteiger partial charge < -0.3 is 24.8 Å². The summed E-state index contributed by atoms with van der Waals surface area (Å²) >= 11 is 14.2. The van der Waals surface area contributed by atoms with Gasteiger partial charge in [-0.2, -0.15) is 5.11 Å². The SMILES string of the molecule is CC(C)(c1ccc(OC[C@H](O)CN2N=NC(CO)C2I)cc1)c1ccc(OC[C@H](O)CCl)c(Cl)c1. The molecule has 0 saturated heterocycles. The van der Waals surface area contributed by atoms with Crippen molar-refractivity contribution < 1.29 is 24.8 Å². The summed E-state index contributed by atoms with van der Waals surface area (Å²) < 4.78 is 11.2. The zero-order chi connectivity index (χ0) is 25.6. The molecule has 4 atom stereocenters. The van der Waals surface area contributed by atoms with E-state index >= 15 is 0 Å². The Hall–Kier alpha value is -1.37. The van der Waals surface area contributed by atoms with Crippen LogP contribution in [0.1, 0.15) is 25.0 Å². The number of β-amino-alcohol motifs (C(OH)–C–C–N with tert-alkyl or cyclic N) is 1. The lowest BCUT2D eigenvalue weighted by Crippen LogP contribution is -2.38. The molecule has 2 unspecified atom stereocenters. The number of nitrogens with zero attached hydrogens (tertiary/aromatic N) is 3. The molecular weight excluding hydrogens is 608 g/mol. The topological polar surface area (TPSA) is 107 Å². The van der Waals surface area contributed by atoms with Crippen molar-refractivity contribution in [2.45, 2.75) is 41.6 Å². The molecule has 0 bridgehead atoms.